The van der Waals surface area contributed by atoms with Crippen molar-refractivity contribution in [2.45, 2.75) is 0 Å². The van der Waals surface area contributed by atoms with E-state index < -0.39 is 11.6 Å². The molecule has 2 aromatic carbocycles. The maximum Gasteiger partial charge on any atom is 0.442 e. The van der Waals surface area contributed by atoms with Crippen LogP contribution in [0.3, 0.4) is 0 Å². The number of nitrogens with zero attached hydrogens (tertiary/aromatic N) is 3. The molecule has 6 nitrogen and oxygen atoms in total. The molecule has 0 saturated heterocycles. The summed E-state index contributed by atoms with van der Waals surface area (Å²) in [7, 11) is 1.52. The van der Waals surface area contributed by atoms with Crippen LogP contribution in [0.4, 0.5) is 4.39 Å². The molecule has 0 unspecified atom stereocenters. The number of rotatable bonds is 2. The molecule has 0 atom stereocenters. The highest BCUT2D eigenvalue weighted by atomic mass is 19.1. The Kier molecular flexibility index (Phi) is 2.87. The van der Waals surface area contributed by atoms with Crippen LogP contribution in [-0.4, -0.2) is 21.7 Å². The van der Waals surface area contributed by atoms with Crippen LogP contribution in [0.2, 0.25) is 0 Å². The van der Waals surface area contributed by atoms with Crippen molar-refractivity contribution in [3.63, 3.8) is 0 Å². The number of aromatic nitrogens is 3. The van der Waals surface area contributed by atoms with Crippen molar-refractivity contribution >= 4 is 16.6 Å². The summed E-state index contributed by atoms with van der Waals surface area (Å²) < 4.78 is 25.3. The summed E-state index contributed by atoms with van der Waals surface area (Å²) in [6, 6.07) is 11.1. The summed E-state index contributed by atoms with van der Waals surface area (Å²) in [6.07, 6.45) is 0. The average Bonchev–Trinajstić information content (AvgIpc) is 3.00. The van der Waals surface area contributed by atoms with E-state index in [2.05, 4.69) is 10.1 Å². The molecule has 0 fully saturated rings. The van der Waals surface area contributed by atoms with E-state index in [1.165, 1.54) is 13.2 Å². The summed E-state index contributed by atoms with van der Waals surface area (Å²) in [5.74, 6) is -0.479. The van der Waals surface area contributed by atoms with E-state index in [-0.39, 0.29) is 11.4 Å². The Morgan fingerprint density at radius 2 is 2.04 bits per heavy atom. The van der Waals surface area contributed by atoms with Gasteiger partial charge in [-0.1, -0.05) is 12.1 Å². The van der Waals surface area contributed by atoms with Crippen LogP contribution in [0.1, 0.15) is 0 Å². The van der Waals surface area contributed by atoms with Crippen LogP contribution in [0, 0.1) is 5.82 Å². The van der Waals surface area contributed by atoms with Gasteiger partial charge in [0.1, 0.15) is 17.1 Å². The largest absolute Gasteiger partial charge is 0.497 e. The first-order valence-corrected chi connectivity index (χ1v) is 6.80. The van der Waals surface area contributed by atoms with E-state index in [9.17, 15) is 9.18 Å². The molecule has 0 spiro atoms. The van der Waals surface area contributed by atoms with Crippen molar-refractivity contribution in [1.29, 1.82) is 0 Å². The first-order chi connectivity index (χ1) is 11.2. The molecule has 7 heteroatoms. The zero-order valence-corrected chi connectivity index (χ0v) is 12.0. The van der Waals surface area contributed by atoms with Crippen molar-refractivity contribution in [3.8, 4) is 17.1 Å². The SMILES string of the molecule is COc1ccc2c(c1)oc(=O)n1nc(-c3ccccc3F)nc21. The van der Waals surface area contributed by atoms with Crippen molar-refractivity contribution < 1.29 is 13.5 Å². The van der Waals surface area contributed by atoms with E-state index in [1.54, 1.807) is 36.4 Å². The van der Waals surface area contributed by atoms with Gasteiger partial charge < -0.3 is 9.15 Å². The molecule has 0 radical (unpaired) electrons. The van der Waals surface area contributed by atoms with Gasteiger partial charge in [-0.3, -0.25) is 0 Å². The molecule has 0 N–H and O–H groups in total. The highest BCUT2D eigenvalue weighted by Crippen LogP contribution is 2.25. The third-order valence-electron chi connectivity index (χ3n) is 3.52. The third kappa shape index (κ3) is 2.05. The number of fused-ring (bicyclic) bond motifs is 3. The van der Waals surface area contributed by atoms with E-state index in [1.807, 2.05) is 0 Å². The zero-order valence-electron chi connectivity index (χ0n) is 12.0. The Bertz CT molecular complexity index is 1100. The molecule has 114 valence electrons. The standard InChI is InChI=1S/C16H10FN3O3/c1-22-9-6-7-11-13(8-9)23-16(21)20-15(11)18-14(19-20)10-4-2-3-5-12(10)17/h2-8H,1H3. The Hall–Kier alpha value is -3.22. The van der Waals surface area contributed by atoms with Gasteiger partial charge in [-0.2, -0.15) is 0 Å². The second-order valence-electron chi connectivity index (χ2n) is 4.88. The third-order valence-corrected chi connectivity index (χ3v) is 3.52. The van der Waals surface area contributed by atoms with E-state index in [0.29, 0.717) is 22.4 Å². The summed E-state index contributed by atoms with van der Waals surface area (Å²) in [5.41, 5.74) is 0.851. The normalized spacial score (nSPS) is 11.2. The van der Waals surface area contributed by atoms with E-state index in [0.717, 1.165) is 4.52 Å². The maximum absolute atomic E-state index is 13.9. The van der Waals surface area contributed by atoms with Gasteiger partial charge in [-0.25, -0.2) is 14.2 Å². The summed E-state index contributed by atoms with van der Waals surface area (Å²) in [5, 5.41) is 4.65. The molecular formula is C16H10FN3O3. The fourth-order valence-electron chi connectivity index (χ4n) is 2.41. The average molecular weight is 311 g/mol. The number of hydrogen-bond acceptors (Lipinski definition) is 5. The number of hydrogen-bond donors (Lipinski definition) is 0. The van der Waals surface area contributed by atoms with E-state index in [4.69, 9.17) is 9.15 Å². The fraction of sp³-hybridized carbons (Fsp3) is 0.0625. The molecule has 2 heterocycles. The molecule has 0 aliphatic rings. The molecule has 4 aromatic rings. The summed E-state index contributed by atoms with van der Waals surface area (Å²) >= 11 is 0. The van der Waals surface area contributed by atoms with Gasteiger partial charge in [0, 0.05) is 6.07 Å². The van der Waals surface area contributed by atoms with Gasteiger partial charge in [-0.05, 0) is 24.3 Å². The molecule has 2 aromatic heterocycles. The molecule has 0 aliphatic heterocycles. The lowest BCUT2D eigenvalue weighted by Gasteiger charge is -2.01. The molecule has 23 heavy (non-hydrogen) atoms. The lowest BCUT2D eigenvalue weighted by molar-refractivity contribution is 0.413. The maximum atomic E-state index is 13.9. The minimum absolute atomic E-state index is 0.124. The van der Waals surface area contributed by atoms with Crippen LogP contribution in [0.15, 0.2) is 51.7 Å². The van der Waals surface area contributed by atoms with Crippen molar-refractivity contribution in [1.82, 2.24) is 14.6 Å². The Labute approximate surface area is 128 Å². The highest BCUT2D eigenvalue weighted by molar-refractivity contribution is 5.91. The lowest BCUT2D eigenvalue weighted by atomic mass is 10.2. The van der Waals surface area contributed by atoms with E-state index >= 15 is 0 Å². The predicted octanol–water partition coefficient (Wildman–Crippen LogP) is 2.65. The molecule has 0 saturated carbocycles. The minimum atomic E-state index is -0.698. The van der Waals surface area contributed by atoms with Crippen molar-refractivity contribution in [2.75, 3.05) is 7.11 Å². The Balaban J connectivity index is 2.05. The smallest absolute Gasteiger partial charge is 0.442 e. The van der Waals surface area contributed by atoms with Gasteiger partial charge in [-0.15, -0.1) is 9.61 Å². The topological polar surface area (TPSA) is 69.6 Å². The first-order valence-electron chi connectivity index (χ1n) is 6.80. The number of benzene rings is 2. The Morgan fingerprint density at radius 1 is 1.22 bits per heavy atom. The van der Waals surface area contributed by atoms with Gasteiger partial charge >= 0.3 is 5.76 Å². The number of methoxy groups -OCH3 is 1. The molecule has 0 amide bonds. The number of ether oxygens (including phenoxy) is 1. The van der Waals surface area contributed by atoms with Crippen LogP contribution < -0.4 is 10.5 Å². The van der Waals surface area contributed by atoms with Crippen LogP contribution in [0.5, 0.6) is 5.75 Å². The lowest BCUT2D eigenvalue weighted by Crippen LogP contribution is -2.12. The highest BCUT2D eigenvalue weighted by Gasteiger charge is 2.16. The Morgan fingerprint density at radius 3 is 2.83 bits per heavy atom. The second kappa shape index (κ2) is 4.91. The van der Waals surface area contributed by atoms with Gasteiger partial charge in [0.15, 0.2) is 11.5 Å². The van der Waals surface area contributed by atoms with Gasteiger partial charge in [0.2, 0.25) is 0 Å². The minimum Gasteiger partial charge on any atom is -0.497 e. The van der Waals surface area contributed by atoms with Gasteiger partial charge in [0.05, 0.1) is 18.1 Å². The van der Waals surface area contributed by atoms with Crippen LogP contribution in [-0.2, 0) is 0 Å². The molecular weight excluding hydrogens is 301 g/mol. The quantitative estimate of drug-likeness (QED) is 0.569. The number of halogens is 1. The van der Waals surface area contributed by atoms with Crippen LogP contribution in [0.25, 0.3) is 28.0 Å². The summed E-state index contributed by atoms with van der Waals surface area (Å²) in [6.45, 7) is 0. The van der Waals surface area contributed by atoms with Crippen LogP contribution >= 0.6 is 0 Å². The summed E-state index contributed by atoms with van der Waals surface area (Å²) in [4.78, 5) is 16.4. The monoisotopic (exact) mass is 311 g/mol. The van der Waals surface area contributed by atoms with Crippen molar-refractivity contribution in [2.24, 2.45) is 0 Å². The van der Waals surface area contributed by atoms with Crippen molar-refractivity contribution in [3.05, 3.63) is 58.8 Å². The zero-order chi connectivity index (χ0) is 16.0. The molecule has 0 bridgehead atoms. The molecule has 4 rings (SSSR count). The predicted molar refractivity (Wildman–Crippen MR) is 81.0 cm³/mol. The van der Waals surface area contributed by atoms with Gasteiger partial charge in [0.25, 0.3) is 0 Å². The molecule has 0 aliphatic carbocycles. The first kappa shape index (κ1) is 13.4. The second-order valence-corrected chi connectivity index (χ2v) is 4.88. The fourth-order valence-corrected chi connectivity index (χ4v) is 2.41.